The third-order valence-corrected chi connectivity index (χ3v) is 3.32. The van der Waals surface area contributed by atoms with E-state index in [-0.39, 0.29) is 5.92 Å². The fourth-order valence-corrected chi connectivity index (χ4v) is 2.09. The fourth-order valence-electron chi connectivity index (χ4n) is 1.51. The highest BCUT2D eigenvalue weighted by atomic mass is 32.2. The van der Waals surface area contributed by atoms with E-state index in [1.807, 2.05) is 12.3 Å². The van der Waals surface area contributed by atoms with E-state index in [0.717, 1.165) is 5.56 Å². The first-order valence-electron chi connectivity index (χ1n) is 4.91. The number of carboxylic acid groups (broad SMARTS) is 1. The molecule has 0 aliphatic carbocycles. The van der Waals surface area contributed by atoms with E-state index < -0.39 is 5.97 Å². The van der Waals surface area contributed by atoms with Gasteiger partial charge in [0.05, 0.1) is 5.92 Å². The van der Waals surface area contributed by atoms with E-state index in [1.165, 1.54) is 10.5 Å². The van der Waals surface area contributed by atoms with Crippen LogP contribution in [0.1, 0.15) is 18.1 Å². The number of hydrogen-bond donors (Lipinski definition) is 1. The Morgan fingerprint density at radius 1 is 1.53 bits per heavy atom. The van der Waals surface area contributed by atoms with Gasteiger partial charge in [-0.05, 0) is 36.8 Å². The van der Waals surface area contributed by atoms with Gasteiger partial charge in [-0.2, -0.15) is 0 Å². The molecule has 0 heterocycles. The molecule has 15 heavy (non-hydrogen) atoms. The number of hydrogen-bond acceptors (Lipinski definition) is 2. The molecule has 0 fully saturated rings. The Morgan fingerprint density at radius 2 is 2.20 bits per heavy atom. The number of rotatable bonds is 4. The van der Waals surface area contributed by atoms with Crippen LogP contribution in [-0.2, 0) is 11.2 Å². The maximum Gasteiger partial charge on any atom is 0.306 e. The molecule has 0 aliphatic heterocycles. The van der Waals surface area contributed by atoms with Crippen molar-refractivity contribution < 1.29 is 9.90 Å². The van der Waals surface area contributed by atoms with Gasteiger partial charge in [0.15, 0.2) is 0 Å². The van der Waals surface area contributed by atoms with Crippen LogP contribution >= 0.6 is 11.8 Å². The highest BCUT2D eigenvalue weighted by molar-refractivity contribution is 7.98. The van der Waals surface area contributed by atoms with Crippen molar-refractivity contribution in [3.63, 3.8) is 0 Å². The molecular weight excluding hydrogens is 208 g/mol. The summed E-state index contributed by atoms with van der Waals surface area (Å²) in [5.41, 5.74) is 2.32. The van der Waals surface area contributed by atoms with Crippen molar-refractivity contribution in [3.05, 3.63) is 29.3 Å². The van der Waals surface area contributed by atoms with Gasteiger partial charge >= 0.3 is 5.97 Å². The Labute approximate surface area is 94.7 Å². The van der Waals surface area contributed by atoms with Gasteiger partial charge in [0.2, 0.25) is 0 Å². The molecule has 0 saturated carbocycles. The summed E-state index contributed by atoms with van der Waals surface area (Å²) in [6, 6.07) is 6.15. The number of aliphatic carboxylic acids is 1. The molecule has 1 rings (SSSR count). The Hall–Kier alpha value is -0.960. The molecule has 0 saturated heterocycles. The average molecular weight is 224 g/mol. The molecule has 0 aliphatic rings. The first-order valence-corrected chi connectivity index (χ1v) is 6.13. The molecule has 82 valence electrons. The zero-order valence-electron chi connectivity index (χ0n) is 9.28. The highest BCUT2D eigenvalue weighted by Gasteiger charge is 2.11. The van der Waals surface area contributed by atoms with Crippen molar-refractivity contribution in [3.8, 4) is 0 Å². The molecule has 2 nitrogen and oxygen atoms in total. The predicted octanol–water partition coefficient (Wildman–Crippen LogP) is 2.98. The van der Waals surface area contributed by atoms with E-state index in [1.54, 1.807) is 18.7 Å². The van der Waals surface area contributed by atoms with Crippen molar-refractivity contribution >= 4 is 17.7 Å². The van der Waals surface area contributed by atoms with Gasteiger partial charge in [-0.3, -0.25) is 4.79 Å². The van der Waals surface area contributed by atoms with Crippen molar-refractivity contribution in [1.82, 2.24) is 0 Å². The number of carboxylic acids is 1. The standard InChI is InChI=1S/C12H16O2S/c1-8-6-10(4-5-11(8)15-3)7-9(2)12(13)14/h4-6,9H,7H2,1-3H3,(H,13,14). The van der Waals surface area contributed by atoms with Crippen LogP contribution in [0.2, 0.25) is 0 Å². The minimum Gasteiger partial charge on any atom is -0.481 e. The van der Waals surface area contributed by atoms with Crippen LogP contribution in [0.4, 0.5) is 0 Å². The van der Waals surface area contributed by atoms with Crippen molar-refractivity contribution in [2.45, 2.75) is 25.2 Å². The van der Waals surface area contributed by atoms with Gasteiger partial charge in [-0.15, -0.1) is 11.8 Å². The van der Waals surface area contributed by atoms with Crippen molar-refractivity contribution in [2.24, 2.45) is 5.92 Å². The summed E-state index contributed by atoms with van der Waals surface area (Å²) in [7, 11) is 0. The fraction of sp³-hybridized carbons (Fsp3) is 0.417. The molecule has 1 unspecified atom stereocenters. The van der Waals surface area contributed by atoms with Gasteiger partial charge in [-0.25, -0.2) is 0 Å². The van der Waals surface area contributed by atoms with Crippen molar-refractivity contribution in [1.29, 1.82) is 0 Å². The molecule has 0 bridgehead atoms. The smallest absolute Gasteiger partial charge is 0.306 e. The molecule has 1 atom stereocenters. The van der Waals surface area contributed by atoms with Crippen LogP contribution in [0.25, 0.3) is 0 Å². The van der Waals surface area contributed by atoms with E-state index in [9.17, 15) is 4.79 Å². The first-order chi connectivity index (χ1) is 7.04. The summed E-state index contributed by atoms with van der Waals surface area (Å²) >= 11 is 1.71. The zero-order valence-corrected chi connectivity index (χ0v) is 10.1. The summed E-state index contributed by atoms with van der Waals surface area (Å²) in [4.78, 5) is 12.0. The SMILES string of the molecule is CSc1ccc(CC(C)C(=O)O)cc1C. The first kappa shape index (κ1) is 12.1. The van der Waals surface area contributed by atoms with Gasteiger partial charge in [0.1, 0.15) is 0 Å². The maximum atomic E-state index is 10.7. The molecular formula is C12H16O2S. The molecule has 0 spiro atoms. The van der Waals surface area contributed by atoms with Crippen LogP contribution in [0.5, 0.6) is 0 Å². The molecule has 1 aromatic carbocycles. The summed E-state index contributed by atoms with van der Waals surface area (Å²) < 4.78 is 0. The Morgan fingerprint density at radius 3 is 2.67 bits per heavy atom. The van der Waals surface area contributed by atoms with Gasteiger partial charge < -0.3 is 5.11 Å². The Balaban J connectivity index is 2.79. The van der Waals surface area contributed by atoms with Gasteiger partial charge in [-0.1, -0.05) is 19.1 Å². The molecule has 1 N–H and O–H groups in total. The van der Waals surface area contributed by atoms with Crippen LogP contribution in [0, 0.1) is 12.8 Å². The van der Waals surface area contributed by atoms with E-state index >= 15 is 0 Å². The third kappa shape index (κ3) is 3.27. The normalized spacial score (nSPS) is 12.5. The molecule has 0 amide bonds. The quantitative estimate of drug-likeness (QED) is 0.799. The molecule has 3 heteroatoms. The summed E-state index contributed by atoms with van der Waals surface area (Å²) in [6.07, 6.45) is 2.65. The van der Waals surface area contributed by atoms with Crippen LogP contribution in [0.15, 0.2) is 23.1 Å². The zero-order chi connectivity index (χ0) is 11.4. The summed E-state index contributed by atoms with van der Waals surface area (Å²) in [5.74, 6) is -1.05. The molecule has 0 aromatic heterocycles. The van der Waals surface area contributed by atoms with E-state index in [2.05, 4.69) is 19.1 Å². The summed E-state index contributed by atoms with van der Waals surface area (Å²) in [6.45, 7) is 3.79. The Bertz CT molecular complexity index is 361. The van der Waals surface area contributed by atoms with Crippen LogP contribution in [0.3, 0.4) is 0 Å². The van der Waals surface area contributed by atoms with Crippen LogP contribution in [-0.4, -0.2) is 17.3 Å². The lowest BCUT2D eigenvalue weighted by Gasteiger charge is -2.09. The molecule has 1 aromatic rings. The lowest BCUT2D eigenvalue weighted by Crippen LogP contribution is -2.12. The number of carbonyl (C=O) groups is 1. The number of aryl methyl sites for hydroxylation is 1. The topological polar surface area (TPSA) is 37.3 Å². The predicted molar refractivity (Wildman–Crippen MR) is 63.5 cm³/mol. The third-order valence-electron chi connectivity index (χ3n) is 2.42. The lowest BCUT2D eigenvalue weighted by molar-refractivity contribution is -0.141. The van der Waals surface area contributed by atoms with E-state index in [4.69, 9.17) is 5.11 Å². The largest absolute Gasteiger partial charge is 0.481 e. The maximum absolute atomic E-state index is 10.7. The van der Waals surface area contributed by atoms with Gasteiger partial charge in [0.25, 0.3) is 0 Å². The summed E-state index contributed by atoms with van der Waals surface area (Å²) in [5, 5.41) is 8.81. The highest BCUT2D eigenvalue weighted by Crippen LogP contribution is 2.21. The molecule has 0 radical (unpaired) electrons. The minimum atomic E-state index is -0.735. The second-order valence-corrected chi connectivity index (χ2v) is 4.60. The minimum absolute atomic E-state index is 0.315. The van der Waals surface area contributed by atoms with Crippen LogP contribution < -0.4 is 0 Å². The second-order valence-electron chi connectivity index (χ2n) is 3.75. The van der Waals surface area contributed by atoms with Gasteiger partial charge in [0, 0.05) is 4.90 Å². The van der Waals surface area contributed by atoms with E-state index in [0.29, 0.717) is 6.42 Å². The number of benzene rings is 1. The monoisotopic (exact) mass is 224 g/mol. The second kappa shape index (κ2) is 5.21. The lowest BCUT2D eigenvalue weighted by atomic mass is 10.00. The number of thioether (sulfide) groups is 1. The Kier molecular flexibility index (Phi) is 4.21. The van der Waals surface area contributed by atoms with Crippen molar-refractivity contribution in [2.75, 3.05) is 6.26 Å². The average Bonchev–Trinajstić information content (AvgIpc) is 2.18.